The molecule has 0 radical (unpaired) electrons. The van der Waals surface area contributed by atoms with E-state index in [4.69, 9.17) is 0 Å². The largest absolute Gasteiger partial charge is 0.341 e. The first-order valence-electron chi connectivity index (χ1n) is 9.19. The minimum absolute atomic E-state index is 0.0701. The molecule has 2 aromatic carbocycles. The maximum Gasteiger partial charge on any atom is 0.223 e. The van der Waals surface area contributed by atoms with Gasteiger partial charge in [-0.15, -0.1) is 0 Å². The number of benzene rings is 2. The van der Waals surface area contributed by atoms with Crippen molar-refractivity contribution >= 4 is 5.91 Å². The number of halogens is 1. The lowest BCUT2D eigenvalue weighted by molar-refractivity contribution is -0.135. The molecular weight excluding hydrogens is 339 g/mol. The third kappa shape index (κ3) is 3.90. The van der Waals surface area contributed by atoms with Crippen LogP contribution in [-0.4, -0.2) is 28.9 Å². The van der Waals surface area contributed by atoms with E-state index in [0.717, 1.165) is 24.2 Å². The second kappa shape index (κ2) is 7.70. The summed E-state index contributed by atoms with van der Waals surface area (Å²) in [6, 6.07) is 20.4. The summed E-state index contributed by atoms with van der Waals surface area (Å²) in [6.07, 6.45) is 3.97. The molecule has 0 saturated carbocycles. The van der Waals surface area contributed by atoms with Crippen LogP contribution >= 0.6 is 0 Å². The summed E-state index contributed by atoms with van der Waals surface area (Å²) < 4.78 is 13.3. The Labute approximate surface area is 158 Å². The molecule has 0 aliphatic carbocycles. The third-order valence-electron chi connectivity index (χ3n) is 5.26. The number of hydrogen-bond acceptors (Lipinski definition) is 2. The molecule has 1 saturated heterocycles. The van der Waals surface area contributed by atoms with Gasteiger partial charge in [0.1, 0.15) is 5.82 Å². The van der Waals surface area contributed by atoms with Crippen molar-refractivity contribution in [1.82, 2.24) is 9.88 Å². The number of nitrogens with zero attached hydrogens (tertiary/aromatic N) is 2. The zero-order valence-corrected chi connectivity index (χ0v) is 15.0. The van der Waals surface area contributed by atoms with Gasteiger partial charge in [-0.3, -0.25) is 9.78 Å². The maximum atomic E-state index is 13.3. The van der Waals surface area contributed by atoms with Crippen molar-refractivity contribution in [2.24, 2.45) is 0 Å². The number of carbonyl (C=O) groups excluding carboxylic acids is 1. The second-order valence-electron chi connectivity index (χ2n) is 7.00. The van der Waals surface area contributed by atoms with Gasteiger partial charge in [-0.2, -0.15) is 0 Å². The predicted octanol–water partition coefficient (Wildman–Crippen LogP) is 4.37. The van der Waals surface area contributed by atoms with Crippen LogP contribution in [0.25, 0.3) is 0 Å². The summed E-state index contributed by atoms with van der Waals surface area (Å²) in [5.74, 6) is 0.190. The van der Waals surface area contributed by atoms with E-state index in [-0.39, 0.29) is 17.6 Å². The summed E-state index contributed by atoms with van der Waals surface area (Å²) in [7, 11) is 0. The second-order valence-corrected chi connectivity index (χ2v) is 7.00. The standard InChI is InChI=1S/C23H21FN2O/c24-21-8-6-19(7-9-21)22(18-4-2-1-3-5-18)14-23(27)26-15-20(16-26)17-10-12-25-13-11-17/h1-13,20,22H,14-16H2/t22-/m1/s1. The highest BCUT2D eigenvalue weighted by Gasteiger charge is 2.33. The molecule has 0 bridgehead atoms. The topological polar surface area (TPSA) is 33.2 Å². The smallest absolute Gasteiger partial charge is 0.223 e. The summed E-state index contributed by atoms with van der Waals surface area (Å²) in [5, 5.41) is 0. The van der Waals surface area contributed by atoms with Gasteiger partial charge in [-0.05, 0) is 41.0 Å². The van der Waals surface area contributed by atoms with Crippen molar-refractivity contribution in [3.05, 3.63) is 102 Å². The Balaban J connectivity index is 1.47. The number of hydrogen-bond donors (Lipinski definition) is 0. The number of rotatable bonds is 5. The van der Waals surface area contributed by atoms with E-state index in [1.807, 2.05) is 47.4 Å². The van der Waals surface area contributed by atoms with Gasteiger partial charge in [0.15, 0.2) is 0 Å². The summed E-state index contributed by atoms with van der Waals surface area (Å²) in [5.41, 5.74) is 3.26. The zero-order chi connectivity index (χ0) is 18.6. The fourth-order valence-corrected chi connectivity index (χ4v) is 3.64. The first-order chi connectivity index (χ1) is 13.2. The molecule has 1 amide bonds. The Morgan fingerprint density at radius 1 is 0.963 bits per heavy atom. The fraction of sp³-hybridized carbons (Fsp3) is 0.217. The molecule has 1 aliphatic heterocycles. The molecule has 0 spiro atoms. The number of aromatic nitrogens is 1. The van der Waals surface area contributed by atoms with Crippen molar-refractivity contribution in [2.75, 3.05) is 13.1 Å². The number of likely N-dealkylation sites (tertiary alicyclic amines) is 1. The van der Waals surface area contributed by atoms with Gasteiger partial charge >= 0.3 is 0 Å². The maximum absolute atomic E-state index is 13.3. The number of carbonyl (C=O) groups is 1. The Morgan fingerprint density at radius 3 is 2.26 bits per heavy atom. The van der Waals surface area contributed by atoms with Crippen LogP contribution in [0.1, 0.15) is 34.9 Å². The molecule has 27 heavy (non-hydrogen) atoms. The van der Waals surface area contributed by atoms with Crippen LogP contribution in [0.5, 0.6) is 0 Å². The minimum Gasteiger partial charge on any atom is -0.341 e. The van der Waals surface area contributed by atoms with Crippen LogP contribution in [0, 0.1) is 5.82 Å². The van der Waals surface area contributed by atoms with Crippen molar-refractivity contribution in [1.29, 1.82) is 0 Å². The van der Waals surface area contributed by atoms with Crippen LogP contribution in [-0.2, 0) is 4.79 Å². The Bertz CT molecular complexity index is 891. The zero-order valence-electron chi connectivity index (χ0n) is 15.0. The molecule has 136 valence electrons. The summed E-state index contributed by atoms with van der Waals surface area (Å²) in [6.45, 7) is 1.49. The molecule has 0 N–H and O–H groups in total. The lowest BCUT2D eigenvalue weighted by Gasteiger charge is -2.40. The average molecular weight is 360 g/mol. The van der Waals surface area contributed by atoms with Gasteiger partial charge in [-0.25, -0.2) is 4.39 Å². The Morgan fingerprint density at radius 2 is 1.59 bits per heavy atom. The lowest BCUT2D eigenvalue weighted by atomic mass is 9.86. The number of pyridine rings is 1. The highest BCUT2D eigenvalue weighted by molar-refractivity contribution is 5.79. The van der Waals surface area contributed by atoms with Crippen LogP contribution < -0.4 is 0 Å². The van der Waals surface area contributed by atoms with Crippen molar-refractivity contribution in [3.8, 4) is 0 Å². The normalized spacial score (nSPS) is 15.2. The van der Waals surface area contributed by atoms with E-state index in [2.05, 4.69) is 4.98 Å². The highest BCUT2D eigenvalue weighted by atomic mass is 19.1. The van der Waals surface area contributed by atoms with E-state index >= 15 is 0 Å². The summed E-state index contributed by atoms with van der Waals surface area (Å²) in [4.78, 5) is 18.8. The molecule has 3 nitrogen and oxygen atoms in total. The SMILES string of the molecule is O=C(C[C@H](c1ccccc1)c1ccc(F)cc1)N1CC(c2ccncc2)C1. The molecule has 1 fully saturated rings. The van der Waals surface area contributed by atoms with Crippen LogP contribution in [0.3, 0.4) is 0 Å². The van der Waals surface area contributed by atoms with Gasteiger partial charge in [0.25, 0.3) is 0 Å². The molecule has 3 aromatic rings. The van der Waals surface area contributed by atoms with E-state index in [0.29, 0.717) is 12.3 Å². The average Bonchev–Trinajstić information content (AvgIpc) is 2.67. The van der Waals surface area contributed by atoms with E-state index in [1.165, 1.54) is 17.7 Å². The molecule has 2 heterocycles. The van der Waals surface area contributed by atoms with Crippen LogP contribution in [0.4, 0.5) is 4.39 Å². The molecule has 1 aromatic heterocycles. The molecule has 1 atom stereocenters. The summed E-state index contributed by atoms with van der Waals surface area (Å²) >= 11 is 0. The fourth-order valence-electron chi connectivity index (χ4n) is 3.64. The van der Waals surface area contributed by atoms with Gasteiger partial charge < -0.3 is 4.90 Å². The van der Waals surface area contributed by atoms with Gasteiger partial charge in [0.05, 0.1) is 0 Å². The first kappa shape index (κ1) is 17.4. The van der Waals surface area contributed by atoms with Crippen molar-refractivity contribution < 1.29 is 9.18 Å². The minimum atomic E-state index is -0.264. The van der Waals surface area contributed by atoms with Gasteiger partial charge in [0, 0.05) is 43.7 Å². The number of amides is 1. The van der Waals surface area contributed by atoms with Crippen LogP contribution in [0.2, 0.25) is 0 Å². The van der Waals surface area contributed by atoms with E-state index in [1.54, 1.807) is 24.5 Å². The highest BCUT2D eigenvalue weighted by Crippen LogP contribution is 2.32. The molecule has 4 rings (SSSR count). The molecule has 1 aliphatic rings. The van der Waals surface area contributed by atoms with E-state index < -0.39 is 0 Å². The van der Waals surface area contributed by atoms with E-state index in [9.17, 15) is 9.18 Å². The lowest BCUT2D eigenvalue weighted by Crippen LogP contribution is -2.48. The first-order valence-corrected chi connectivity index (χ1v) is 9.19. The monoisotopic (exact) mass is 360 g/mol. The Hall–Kier alpha value is -3.01. The van der Waals surface area contributed by atoms with Gasteiger partial charge in [-0.1, -0.05) is 42.5 Å². The van der Waals surface area contributed by atoms with Crippen molar-refractivity contribution in [2.45, 2.75) is 18.3 Å². The van der Waals surface area contributed by atoms with Crippen LogP contribution in [0.15, 0.2) is 79.1 Å². The quantitative estimate of drug-likeness (QED) is 0.677. The van der Waals surface area contributed by atoms with Crippen molar-refractivity contribution in [3.63, 3.8) is 0 Å². The molecule has 0 unspecified atom stereocenters. The van der Waals surface area contributed by atoms with Gasteiger partial charge in [0.2, 0.25) is 5.91 Å². The third-order valence-corrected chi connectivity index (χ3v) is 5.26. The molecular formula is C23H21FN2O. The molecule has 4 heteroatoms. The predicted molar refractivity (Wildman–Crippen MR) is 103 cm³/mol. The Kier molecular flexibility index (Phi) is 4.97.